The van der Waals surface area contributed by atoms with Crippen molar-refractivity contribution in [2.24, 2.45) is 0 Å². The summed E-state index contributed by atoms with van der Waals surface area (Å²) in [5.41, 5.74) is 5.46. The van der Waals surface area contributed by atoms with Gasteiger partial charge in [0.25, 0.3) is 0 Å². The predicted octanol–water partition coefficient (Wildman–Crippen LogP) is 0.388. The molecule has 1 aromatic heterocycles. The van der Waals surface area contributed by atoms with Gasteiger partial charge in [0.05, 0.1) is 0 Å². The number of aromatic amines is 1. The third kappa shape index (κ3) is 2.55. The smallest absolute Gasteiger partial charge is 0.303 e. The molecule has 0 saturated heterocycles. The number of carboxylic acids is 1. The number of anilines is 1. The van der Waals surface area contributed by atoms with E-state index < -0.39 is 5.97 Å². The molecule has 0 aliphatic rings. The molecule has 1 rings (SSSR count). The van der Waals surface area contributed by atoms with E-state index in [-0.39, 0.29) is 12.4 Å². The predicted molar refractivity (Wildman–Crippen MR) is 48.7 cm³/mol. The standard InChI is InChI=1S/C6H10N4O2S/c7-5-8-9-6(13)10(5)3-1-2-4(11)12/h1-3H2,(H2,7,8)(H,9,13)(H,11,12). The van der Waals surface area contributed by atoms with E-state index in [2.05, 4.69) is 10.2 Å². The Kier molecular flexibility index (Phi) is 3.02. The number of rotatable bonds is 4. The number of carboxylic acid groups (broad SMARTS) is 1. The first-order chi connectivity index (χ1) is 6.11. The highest BCUT2D eigenvalue weighted by Crippen LogP contribution is 2.02. The maximum Gasteiger partial charge on any atom is 0.303 e. The van der Waals surface area contributed by atoms with E-state index in [9.17, 15) is 4.79 Å². The number of H-pyrrole nitrogens is 1. The highest BCUT2D eigenvalue weighted by molar-refractivity contribution is 7.71. The first-order valence-corrected chi connectivity index (χ1v) is 4.14. The van der Waals surface area contributed by atoms with Crippen molar-refractivity contribution in [1.82, 2.24) is 14.8 Å². The van der Waals surface area contributed by atoms with Crippen molar-refractivity contribution in [2.75, 3.05) is 5.73 Å². The molecular weight excluding hydrogens is 192 g/mol. The minimum Gasteiger partial charge on any atom is -0.481 e. The monoisotopic (exact) mass is 202 g/mol. The zero-order valence-electron chi connectivity index (χ0n) is 6.86. The second-order valence-corrected chi connectivity index (χ2v) is 2.92. The number of hydrogen-bond acceptors (Lipinski definition) is 4. The molecule has 7 heteroatoms. The summed E-state index contributed by atoms with van der Waals surface area (Å²) >= 11 is 4.87. The van der Waals surface area contributed by atoms with Gasteiger partial charge in [-0.3, -0.25) is 9.36 Å². The topological polar surface area (TPSA) is 96.9 Å². The van der Waals surface area contributed by atoms with Gasteiger partial charge in [0, 0.05) is 13.0 Å². The molecule has 13 heavy (non-hydrogen) atoms. The van der Waals surface area contributed by atoms with Crippen LogP contribution in [0, 0.1) is 4.77 Å². The van der Waals surface area contributed by atoms with Crippen molar-refractivity contribution >= 4 is 24.1 Å². The molecule has 0 amide bonds. The van der Waals surface area contributed by atoms with E-state index in [0.29, 0.717) is 17.7 Å². The minimum atomic E-state index is -0.825. The first kappa shape index (κ1) is 9.72. The number of hydrogen-bond donors (Lipinski definition) is 3. The van der Waals surface area contributed by atoms with Crippen molar-refractivity contribution in [1.29, 1.82) is 0 Å². The molecule has 0 aromatic carbocycles. The third-order valence-electron chi connectivity index (χ3n) is 1.56. The second-order valence-electron chi connectivity index (χ2n) is 2.54. The summed E-state index contributed by atoms with van der Waals surface area (Å²) < 4.78 is 1.99. The largest absolute Gasteiger partial charge is 0.481 e. The fourth-order valence-corrected chi connectivity index (χ4v) is 1.16. The summed E-state index contributed by atoms with van der Waals surface area (Å²) in [6.45, 7) is 0.480. The lowest BCUT2D eigenvalue weighted by Crippen LogP contribution is -2.05. The lowest BCUT2D eigenvalue weighted by atomic mass is 10.3. The first-order valence-electron chi connectivity index (χ1n) is 3.73. The number of nitrogens with two attached hydrogens (primary N) is 1. The summed E-state index contributed by atoms with van der Waals surface area (Å²) in [5.74, 6) is -0.538. The Morgan fingerprint density at radius 1 is 1.77 bits per heavy atom. The van der Waals surface area contributed by atoms with Crippen LogP contribution in [0.3, 0.4) is 0 Å². The molecule has 72 valence electrons. The van der Waals surface area contributed by atoms with Gasteiger partial charge in [-0.15, -0.1) is 5.10 Å². The SMILES string of the molecule is Nc1n[nH]c(=S)n1CCCC(=O)O. The summed E-state index contributed by atoms with van der Waals surface area (Å²) in [6.07, 6.45) is 0.597. The van der Waals surface area contributed by atoms with Crippen LogP contribution in [0.2, 0.25) is 0 Å². The van der Waals surface area contributed by atoms with Crippen LogP contribution in [0.1, 0.15) is 12.8 Å². The Labute approximate surface area is 79.4 Å². The van der Waals surface area contributed by atoms with Gasteiger partial charge in [-0.1, -0.05) is 0 Å². The molecular formula is C6H10N4O2S. The molecule has 1 aromatic rings. The lowest BCUT2D eigenvalue weighted by Gasteiger charge is -2.00. The molecule has 6 nitrogen and oxygen atoms in total. The van der Waals surface area contributed by atoms with Crippen LogP contribution in [0.5, 0.6) is 0 Å². The number of nitrogens with one attached hydrogen (secondary N) is 1. The van der Waals surface area contributed by atoms with Crippen LogP contribution in [0.25, 0.3) is 0 Å². The number of carbonyl (C=O) groups is 1. The Hall–Kier alpha value is -1.37. The Bertz CT molecular complexity index is 356. The van der Waals surface area contributed by atoms with Gasteiger partial charge in [0.2, 0.25) is 5.95 Å². The molecule has 0 bridgehead atoms. The lowest BCUT2D eigenvalue weighted by molar-refractivity contribution is -0.137. The van der Waals surface area contributed by atoms with E-state index in [1.165, 1.54) is 0 Å². The van der Waals surface area contributed by atoms with Gasteiger partial charge in [-0.25, -0.2) is 5.10 Å². The van der Waals surface area contributed by atoms with Crippen molar-refractivity contribution in [2.45, 2.75) is 19.4 Å². The summed E-state index contributed by atoms with van der Waals surface area (Å²) in [6, 6.07) is 0. The van der Waals surface area contributed by atoms with Crippen molar-refractivity contribution in [3.63, 3.8) is 0 Å². The normalized spacial score (nSPS) is 10.2. The van der Waals surface area contributed by atoms with Gasteiger partial charge in [-0.2, -0.15) is 0 Å². The average Bonchev–Trinajstić information content (AvgIpc) is 2.34. The van der Waals surface area contributed by atoms with E-state index >= 15 is 0 Å². The van der Waals surface area contributed by atoms with Crippen LogP contribution in [-0.4, -0.2) is 25.8 Å². The highest BCUT2D eigenvalue weighted by Gasteiger charge is 2.02. The average molecular weight is 202 g/mol. The zero-order chi connectivity index (χ0) is 9.84. The van der Waals surface area contributed by atoms with Gasteiger partial charge in [0.15, 0.2) is 4.77 Å². The Morgan fingerprint density at radius 3 is 2.92 bits per heavy atom. The van der Waals surface area contributed by atoms with E-state index in [4.69, 9.17) is 23.1 Å². The second kappa shape index (κ2) is 4.04. The molecule has 1 heterocycles. The van der Waals surface area contributed by atoms with Crippen molar-refractivity contribution in [3.8, 4) is 0 Å². The number of aliphatic carboxylic acids is 1. The van der Waals surface area contributed by atoms with E-state index in [0.717, 1.165) is 0 Å². The van der Waals surface area contributed by atoms with Crippen LogP contribution in [0.4, 0.5) is 5.95 Å². The van der Waals surface area contributed by atoms with E-state index in [1.54, 1.807) is 4.57 Å². The van der Waals surface area contributed by atoms with Gasteiger partial charge in [0.1, 0.15) is 0 Å². The molecule has 0 fully saturated rings. The quantitative estimate of drug-likeness (QED) is 0.613. The molecule has 0 atom stereocenters. The summed E-state index contributed by atoms with van der Waals surface area (Å²) in [7, 11) is 0. The number of aromatic nitrogens is 3. The van der Waals surface area contributed by atoms with Crippen molar-refractivity contribution in [3.05, 3.63) is 4.77 Å². The molecule has 0 radical (unpaired) electrons. The molecule has 0 aliphatic carbocycles. The third-order valence-corrected chi connectivity index (χ3v) is 1.87. The Morgan fingerprint density at radius 2 is 2.46 bits per heavy atom. The molecule has 4 N–H and O–H groups in total. The van der Waals surface area contributed by atoms with Crippen LogP contribution in [-0.2, 0) is 11.3 Å². The minimum absolute atomic E-state index is 0.104. The molecule has 0 spiro atoms. The number of nitrogen functional groups attached to an aromatic ring is 1. The molecule has 0 unspecified atom stereocenters. The van der Waals surface area contributed by atoms with Gasteiger partial charge < -0.3 is 10.8 Å². The molecule has 0 saturated carbocycles. The van der Waals surface area contributed by atoms with Crippen LogP contribution < -0.4 is 5.73 Å². The maximum absolute atomic E-state index is 10.2. The van der Waals surface area contributed by atoms with Gasteiger partial charge >= 0.3 is 5.97 Å². The highest BCUT2D eigenvalue weighted by atomic mass is 32.1. The van der Waals surface area contributed by atoms with Crippen LogP contribution in [0.15, 0.2) is 0 Å². The zero-order valence-corrected chi connectivity index (χ0v) is 7.67. The number of nitrogens with zero attached hydrogens (tertiary/aromatic N) is 2. The fraction of sp³-hybridized carbons (Fsp3) is 0.500. The maximum atomic E-state index is 10.2. The fourth-order valence-electron chi connectivity index (χ4n) is 0.934. The summed E-state index contributed by atoms with van der Waals surface area (Å²) in [4.78, 5) is 10.2. The Balaban J connectivity index is 2.54. The van der Waals surface area contributed by atoms with E-state index in [1.807, 2.05) is 0 Å². The van der Waals surface area contributed by atoms with Crippen LogP contribution >= 0.6 is 12.2 Å². The summed E-state index contributed by atoms with van der Waals surface area (Å²) in [5, 5.41) is 14.6. The molecule has 0 aliphatic heterocycles. The van der Waals surface area contributed by atoms with Crippen molar-refractivity contribution < 1.29 is 9.90 Å². The van der Waals surface area contributed by atoms with Gasteiger partial charge in [-0.05, 0) is 18.6 Å².